The summed E-state index contributed by atoms with van der Waals surface area (Å²) >= 11 is 0. The molecule has 0 aliphatic carbocycles. The molecule has 1 aromatic rings. The van der Waals surface area contributed by atoms with Gasteiger partial charge in [-0.1, -0.05) is 12.6 Å². The number of hydrogen-bond acceptors (Lipinski definition) is 3. The third-order valence-corrected chi connectivity index (χ3v) is 1.69. The van der Waals surface area contributed by atoms with Gasteiger partial charge in [0.25, 0.3) is 0 Å². The van der Waals surface area contributed by atoms with E-state index in [0.717, 1.165) is 0 Å². The average molecular weight is 221 g/mol. The monoisotopic (exact) mass is 221 g/mol. The van der Waals surface area contributed by atoms with E-state index in [1.54, 1.807) is 31.2 Å². The summed E-state index contributed by atoms with van der Waals surface area (Å²) in [5.41, 5.74) is 0.695. The molecule has 0 spiro atoms. The van der Waals surface area contributed by atoms with Gasteiger partial charge in [-0.05, 0) is 19.1 Å². The highest BCUT2D eigenvalue weighted by atomic mass is 16.7. The quantitative estimate of drug-likeness (QED) is 0.614. The van der Waals surface area contributed by atoms with Crippen molar-refractivity contribution >= 4 is 11.6 Å². The maximum absolute atomic E-state index is 10.8. The maximum atomic E-state index is 10.8. The predicted octanol–water partition coefficient (Wildman–Crippen LogP) is 2.53. The SMILES string of the molecule is C=C(C)OCOc1cccc(NC(C)=O)c1. The Morgan fingerprint density at radius 3 is 2.81 bits per heavy atom. The average Bonchev–Trinajstić information content (AvgIpc) is 2.16. The summed E-state index contributed by atoms with van der Waals surface area (Å²) in [6, 6.07) is 7.09. The first-order chi connectivity index (χ1) is 7.58. The molecule has 0 aromatic heterocycles. The maximum Gasteiger partial charge on any atom is 0.230 e. The fourth-order valence-electron chi connectivity index (χ4n) is 1.06. The summed E-state index contributed by atoms with van der Waals surface area (Å²) in [6.45, 7) is 6.90. The summed E-state index contributed by atoms with van der Waals surface area (Å²) in [6.07, 6.45) is 0. The number of allylic oxidation sites excluding steroid dienone is 1. The second-order valence-corrected chi connectivity index (χ2v) is 3.32. The van der Waals surface area contributed by atoms with E-state index in [4.69, 9.17) is 9.47 Å². The first-order valence-electron chi connectivity index (χ1n) is 4.86. The van der Waals surface area contributed by atoms with Crippen molar-refractivity contribution in [2.24, 2.45) is 0 Å². The normalized spacial score (nSPS) is 9.38. The van der Waals surface area contributed by atoms with Crippen LogP contribution in [0.25, 0.3) is 0 Å². The molecular weight excluding hydrogens is 206 g/mol. The first-order valence-corrected chi connectivity index (χ1v) is 4.86. The Morgan fingerprint density at radius 2 is 2.19 bits per heavy atom. The summed E-state index contributed by atoms with van der Waals surface area (Å²) in [4.78, 5) is 10.8. The number of carbonyl (C=O) groups is 1. The van der Waals surface area contributed by atoms with E-state index in [0.29, 0.717) is 17.2 Å². The van der Waals surface area contributed by atoms with Crippen molar-refractivity contribution in [2.45, 2.75) is 13.8 Å². The van der Waals surface area contributed by atoms with Gasteiger partial charge in [-0.15, -0.1) is 0 Å². The highest BCUT2D eigenvalue weighted by molar-refractivity contribution is 5.88. The molecule has 1 amide bonds. The molecule has 86 valence electrons. The third kappa shape index (κ3) is 4.50. The van der Waals surface area contributed by atoms with Gasteiger partial charge >= 0.3 is 0 Å². The Balaban J connectivity index is 2.53. The van der Waals surface area contributed by atoms with E-state index < -0.39 is 0 Å². The summed E-state index contributed by atoms with van der Waals surface area (Å²) in [7, 11) is 0. The summed E-state index contributed by atoms with van der Waals surface area (Å²) in [5, 5.41) is 2.67. The van der Waals surface area contributed by atoms with Crippen molar-refractivity contribution in [3.8, 4) is 5.75 Å². The van der Waals surface area contributed by atoms with Gasteiger partial charge in [0, 0.05) is 18.7 Å². The molecule has 1 N–H and O–H groups in total. The van der Waals surface area contributed by atoms with Crippen LogP contribution in [0.5, 0.6) is 5.75 Å². The molecule has 0 atom stereocenters. The largest absolute Gasteiger partial charge is 0.463 e. The van der Waals surface area contributed by atoms with Gasteiger partial charge in [0.15, 0.2) is 0 Å². The summed E-state index contributed by atoms with van der Waals surface area (Å²) in [5.74, 6) is 1.11. The molecule has 0 saturated heterocycles. The van der Waals surface area contributed by atoms with Crippen molar-refractivity contribution in [1.29, 1.82) is 0 Å². The Morgan fingerprint density at radius 1 is 1.44 bits per heavy atom. The lowest BCUT2D eigenvalue weighted by molar-refractivity contribution is -0.114. The number of ether oxygens (including phenoxy) is 2. The smallest absolute Gasteiger partial charge is 0.230 e. The standard InChI is InChI=1S/C12H15NO3/c1-9(2)15-8-16-12-6-4-5-11(7-12)13-10(3)14/h4-7H,1,8H2,2-3H3,(H,13,14). The van der Waals surface area contributed by atoms with E-state index >= 15 is 0 Å². The Labute approximate surface area is 94.9 Å². The molecule has 0 aliphatic heterocycles. The van der Waals surface area contributed by atoms with Gasteiger partial charge in [0.2, 0.25) is 12.7 Å². The van der Waals surface area contributed by atoms with Crippen LogP contribution in [0.3, 0.4) is 0 Å². The zero-order valence-corrected chi connectivity index (χ0v) is 9.45. The van der Waals surface area contributed by atoms with Crippen LogP contribution in [-0.4, -0.2) is 12.7 Å². The lowest BCUT2D eigenvalue weighted by Crippen LogP contribution is -2.06. The van der Waals surface area contributed by atoms with E-state index in [1.807, 2.05) is 0 Å². The molecule has 0 bridgehead atoms. The Hall–Kier alpha value is -1.97. The van der Waals surface area contributed by atoms with Gasteiger partial charge in [-0.25, -0.2) is 0 Å². The van der Waals surface area contributed by atoms with Gasteiger partial charge in [-0.2, -0.15) is 0 Å². The molecule has 0 unspecified atom stereocenters. The van der Waals surface area contributed by atoms with E-state index in [-0.39, 0.29) is 12.7 Å². The molecule has 1 aromatic carbocycles. The lowest BCUT2D eigenvalue weighted by atomic mass is 10.3. The molecule has 0 saturated carbocycles. The van der Waals surface area contributed by atoms with E-state index in [9.17, 15) is 4.79 Å². The minimum absolute atomic E-state index is 0.110. The van der Waals surface area contributed by atoms with Crippen LogP contribution in [0.15, 0.2) is 36.6 Å². The number of amides is 1. The first kappa shape index (κ1) is 12.1. The van der Waals surface area contributed by atoms with E-state index in [2.05, 4.69) is 11.9 Å². The highest BCUT2D eigenvalue weighted by Gasteiger charge is 1.98. The molecular formula is C12H15NO3. The molecule has 4 heteroatoms. The van der Waals surface area contributed by atoms with Crippen LogP contribution in [0.1, 0.15) is 13.8 Å². The number of rotatable bonds is 5. The number of nitrogens with one attached hydrogen (secondary N) is 1. The minimum Gasteiger partial charge on any atom is -0.463 e. The number of anilines is 1. The number of benzene rings is 1. The van der Waals surface area contributed by atoms with Crippen molar-refractivity contribution in [3.63, 3.8) is 0 Å². The number of carbonyl (C=O) groups excluding carboxylic acids is 1. The van der Waals surface area contributed by atoms with Crippen LogP contribution in [-0.2, 0) is 9.53 Å². The van der Waals surface area contributed by atoms with Gasteiger partial charge < -0.3 is 14.8 Å². The van der Waals surface area contributed by atoms with E-state index in [1.165, 1.54) is 6.92 Å². The molecule has 0 aliphatic rings. The van der Waals surface area contributed by atoms with Crippen LogP contribution in [0.4, 0.5) is 5.69 Å². The van der Waals surface area contributed by atoms with Crippen molar-refractivity contribution in [1.82, 2.24) is 0 Å². The van der Waals surface area contributed by atoms with Crippen molar-refractivity contribution in [2.75, 3.05) is 12.1 Å². The second-order valence-electron chi connectivity index (χ2n) is 3.32. The van der Waals surface area contributed by atoms with Gasteiger partial charge in [-0.3, -0.25) is 4.79 Å². The topological polar surface area (TPSA) is 47.6 Å². The van der Waals surface area contributed by atoms with Crippen LogP contribution >= 0.6 is 0 Å². The lowest BCUT2D eigenvalue weighted by Gasteiger charge is -2.09. The number of hydrogen-bond donors (Lipinski definition) is 1. The minimum atomic E-state index is -0.115. The molecule has 0 radical (unpaired) electrons. The highest BCUT2D eigenvalue weighted by Crippen LogP contribution is 2.17. The second kappa shape index (κ2) is 5.80. The fourth-order valence-corrected chi connectivity index (χ4v) is 1.06. The molecule has 0 heterocycles. The Kier molecular flexibility index (Phi) is 4.39. The predicted molar refractivity (Wildman–Crippen MR) is 62.1 cm³/mol. The van der Waals surface area contributed by atoms with Crippen molar-refractivity contribution in [3.05, 3.63) is 36.6 Å². The fraction of sp³-hybridized carbons (Fsp3) is 0.250. The molecule has 4 nitrogen and oxygen atoms in total. The molecule has 1 rings (SSSR count). The Bertz CT molecular complexity index is 388. The van der Waals surface area contributed by atoms with Crippen LogP contribution in [0.2, 0.25) is 0 Å². The van der Waals surface area contributed by atoms with Crippen molar-refractivity contribution < 1.29 is 14.3 Å². The summed E-state index contributed by atoms with van der Waals surface area (Å²) < 4.78 is 10.4. The van der Waals surface area contributed by atoms with Crippen LogP contribution in [0, 0.1) is 0 Å². The van der Waals surface area contributed by atoms with Crippen LogP contribution < -0.4 is 10.1 Å². The zero-order valence-electron chi connectivity index (χ0n) is 9.45. The zero-order chi connectivity index (χ0) is 12.0. The third-order valence-electron chi connectivity index (χ3n) is 1.69. The van der Waals surface area contributed by atoms with Gasteiger partial charge in [0.05, 0.1) is 5.76 Å². The molecule has 0 fully saturated rings. The van der Waals surface area contributed by atoms with Gasteiger partial charge in [0.1, 0.15) is 5.75 Å². The molecule has 16 heavy (non-hydrogen) atoms.